The highest BCUT2D eigenvalue weighted by Gasteiger charge is 2.40. The van der Waals surface area contributed by atoms with Crippen molar-refractivity contribution in [3.05, 3.63) is 35.0 Å². The number of benzene rings is 1. The van der Waals surface area contributed by atoms with Crippen LogP contribution in [0.15, 0.2) is 24.3 Å². The molecule has 0 radical (unpaired) electrons. The zero-order valence-electron chi connectivity index (χ0n) is 15.4. The fraction of sp³-hybridized carbons (Fsp3) is 0.474. The number of rotatable bonds is 4. The number of halogens is 1. The van der Waals surface area contributed by atoms with Crippen LogP contribution in [-0.2, 0) is 11.8 Å². The highest BCUT2D eigenvalue weighted by atomic mass is 35.5. The highest BCUT2D eigenvalue weighted by molar-refractivity contribution is 6.35. The van der Waals surface area contributed by atoms with Crippen LogP contribution < -0.4 is 5.73 Å². The molecular formula is C19H25ClN4O2. The molecule has 2 atom stereocenters. The summed E-state index contributed by atoms with van der Waals surface area (Å²) in [4.78, 5) is 29.5. The van der Waals surface area contributed by atoms with Crippen LogP contribution in [-0.4, -0.2) is 57.9 Å². The monoisotopic (exact) mass is 376 g/mol. The van der Waals surface area contributed by atoms with E-state index < -0.39 is 6.04 Å². The molecule has 0 bridgehead atoms. The van der Waals surface area contributed by atoms with Crippen LogP contribution in [0.2, 0.25) is 5.02 Å². The lowest BCUT2D eigenvalue weighted by atomic mass is 10.1. The number of nitrogens with zero attached hydrogens (tertiary/aromatic N) is 3. The second-order valence-electron chi connectivity index (χ2n) is 6.74. The lowest BCUT2D eigenvalue weighted by Crippen LogP contribution is -2.48. The Hall–Kier alpha value is -2.05. The van der Waals surface area contributed by atoms with Crippen molar-refractivity contribution in [2.24, 2.45) is 12.8 Å². The molecule has 1 saturated heterocycles. The predicted octanol–water partition coefficient (Wildman–Crippen LogP) is 2.24. The third-order valence-electron chi connectivity index (χ3n) is 5.21. The van der Waals surface area contributed by atoms with Crippen molar-refractivity contribution < 1.29 is 9.59 Å². The van der Waals surface area contributed by atoms with Crippen molar-refractivity contribution in [1.82, 2.24) is 14.4 Å². The summed E-state index contributed by atoms with van der Waals surface area (Å²) in [5.74, 6) is -0.216. The van der Waals surface area contributed by atoms with Crippen molar-refractivity contribution in [2.45, 2.75) is 32.4 Å². The van der Waals surface area contributed by atoms with Gasteiger partial charge in [0.1, 0.15) is 11.7 Å². The average Bonchev–Trinajstić information content (AvgIpc) is 3.17. The van der Waals surface area contributed by atoms with Crippen LogP contribution >= 0.6 is 11.6 Å². The number of fused-ring (bicyclic) bond motifs is 1. The normalized spacial score (nSPS) is 20.0. The van der Waals surface area contributed by atoms with E-state index in [1.54, 1.807) is 21.9 Å². The Labute approximate surface area is 158 Å². The SMILES string of the molecule is CCN(CC)C(=O)C1CC(N)CN1C(=O)c1cc2c(Cl)cccc2n1C. The van der Waals surface area contributed by atoms with Crippen LogP contribution in [0, 0.1) is 0 Å². The second kappa shape index (κ2) is 7.29. The van der Waals surface area contributed by atoms with Gasteiger partial charge in [-0.25, -0.2) is 0 Å². The van der Waals surface area contributed by atoms with Gasteiger partial charge < -0.3 is 20.1 Å². The third-order valence-corrected chi connectivity index (χ3v) is 5.54. The molecule has 2 aromatic rings. The van der Waals surface area contributed by atoms with Crippen LogP contribution in [0.3, 0.4) is 0 Å². The summed E-state index contributed by atoms with van der Waals surface area (Å²) < 4.78 is 1.83. The summed E-state index contributed by atoms with van der Waals surface area (Å²) in [6.07, 6.45) is 0.492. The van der Waals surface area contributed by atoms with Gasteiger partial charge in [-0.2, -0.15) is 0 Å². The van der Waals surface area contributed by atoms with Crippen molar-refractivity contribution in [3.8, 4) is 0 Å². The topological polar surface area (TPSA) is 71.6 Å². The second-order valence-corrected chi connectivity index (χ2v) is 7.15. The van der Waals surface area contributed by atoms with Gasteiger partial charge in [-0.05, 0) is 38.5 Å². The first-order valence-corrected chi connectivity index (χ1v) is 9.36. The molecule has 6 nitrogen and oxygen atoms in total. The zero-order valence-corrected chi connectivity index (χ0v) is 16.2. The van der Waals surface area contributed by atoms with Gasteiger partial charge in [-0.3, -0.25) is 9.59 Å². The Morgan fingerprint density at radius 3 is 2.62 bits per heavy atom. The molecular weight excluding hydrogens is 352 g/mol. The molecule has 1 aliphatic rings. The molecule has 1 aromatic carbocycles. The van der Waals surface area contributed by atoms with E-state index >= 15 is 0 Å². The fourth-order valence-corrected chi connectivity index (χ4v) is 3.97. The number of amides is 2. The molecule has 2 unspecified atom stereocenters. The van der Waals surface area contributed by atoms with E-state index in [1.807, 2.05) is 37.6 Å². The van der Waals surface area contributed by atoms with Gasteiger partial charge in [0, 0.05) is 48.6 Å². The summed E-state index contributed by atoms with van der Waals surface area (Å²) >= 11 is 6.27. The minimum atomic E-state index is -0.508. The molecule has 0 aliphatic carbocycles. The lowest BCUT2D eigenvalue weighted by Gasteiger charge is -2.29. The number of aromatic nitrogens is 1. The molecule has 3 rings (SSSR count). The Morgan fingerprint density at radius 2 is 2.00 bits per heavy atom. The predicted molar refractivity (Wildman–Crippen MR) is 103 cm³/mol. The molecule has 1 aliphatic heterocycles. The summed E-state index contributed by atoms with van der Waals surface area (Å²) in [5.41, 5.74) is 7.50. The number of likely N-dealkylation sites (tertiary alicyclic amines) is 1. The first-order valence-electron chi connectivity index (χ1n) is 8.98. The molecule has 2 amide bonds. The maximum Gasteiger partial charge on any atom is 0.271 e. The fourth-order valence-electron chi connectivity index (χ4n) is 3.75. The van der Waals surface area contributed by atoms with Crippen molar-refractivity contribution >= 4 is 34.3 Å². The summed E-state index contributed by atoms with van der Waals surface area (Å²) in [6.45, 7) is 5.49. The van der Waals surface area contributed by atoms with Gasteiger partial charge in [0.25, 0.3) is 5.91 Å². The minimum Gasteiger partial charge on any atom is -0.341 e. The third kappa shape index (κ3) is 3.08. The maximum absolute atomic E-state index is 13.2. The average molecular weight is 377 g/mol. The van der Waals surface area contributed by atoms with Crippen molar-refractivity contribution in [2.75, 3.05) is 19.6 Å². The van der Waals surface area contributed by atoms with E-state index in [4.69, 9.17) is 17.3 Å². The number of hydrogen-bond acceptors (Lipinski definition) is 3. The van der Waals surface area contributed by atoms with Gasteiger partial charge >= 0.3 is 0 Å². The van der Waals surface area contributed by atoms with Gasteiger partial charge in [0.2, 0.25) is 5.91 Å². The summed E-state index contributed by atoms with van der Waals surface area (Å²) in [5, 5.41) is 1.43. The molecule has 26 heavy (non-hydrogen) atoms. The zero-order chi connectivity index (χ0) is 19.0. The first-order chi connectivity index (χ1) is 12.4. The molecule has 7 heteroatoms. The van der Waals surface area contributed by atoms with Gasteiger partial charge in [-0.1, -0.05) is 17.7 Å². The molecule has 2 N–H and O–H groups in total. The Kier molecular flexibility index (Phi) is 5.25. The smallest absolute Gasteiger partial charge is 0.271 e. The Bertz CT molecular complexity index is 843. The van der Waals surface area contributed by atoms with E-state index in [9.17, 15) is 9.59 Å². The largest absolute Gasteiger partial charge is 0.341 e. The van der Waals surface area contributed by atoms with E-state index in [1.165, 1.54) is 0 Å². The van der Waals surface area contributed by atoms with E-state index in [-0.39, 0.29) is 17.9 Å². The molecule has 2 heterocycles. The number of nitrogens with two attached hydrogens (primary N) is 1. The van der Waals surface area contributed by atoms with Crippen LogP contribution in [0.25, 0.3) is 10.9 Å². The molecule has 0 saturated carbocycles. The number of carbonyl (C=O) groups is 2. The molecule has 140 valence electrons. The molecule has 1 aromatic heterocycles. The van der Waals surface area contributed by atoms with Crippen molar-refractivity contribution in [3.63, 3.8) is 0 Å². The van der Waals surface area contributed by atoms with Gasteiger partial charge in [0.05, 0.1) is 0 Å². The van der Waals surface area contributed by atoms with Crippen LogP contribution in [0.4, 0.5) is 0 Å². The van der Waals surface area contributed by atoms with E-state index in [2.05, 4.69) is 0 Å². The van der Waals surface area contributed by atoms with E-state index in [0.717, 1.165) is 10.9 Å². The number of aryl methyl sites for hydroxylation is 1. The number of hydrogen-bond donors (Lipinski definition) is 1. The number of likely N-dealkylation sites (N-methyl/N-ethyl adjacent to an activating group) is 1. The standard InChI is InChI=1S/C19H25ClN4O2/c1-4-23(5-2)18(25)17-9-12(21)11-24(17)19(26)16-10-13-14(20)7-6-8-15(13)22(16)3/h6-8,10,12,17H,4-5,9,11,21H2,1-3H3. The maximum atomic E-state index is 13.2. The molecule has 0 spiro atoms. The van der Waals surface area contributed by atoms with Crippen molar-refractivity contribution in [1.29, 1.82) is 0 Å². The summed E-state index contributed by atoms with van der Waals surface area (Å²) in [7, 11) is 1.84. The summed E-state index contributed by atoms with van der Waals surface area (Å²) in [6, 6.07) is 6.68. The van der Waals surface area contributed by atoms with E-state index in [0.29, 0.717) is 36.8 Å². The lowest BCUT2D eigenvalue weighted by molar-refractivity contribution is -0.134. The molecule has 1 fully saturated rings. The van der Waals surface area contributed by atoms with Crippen LogP contribution in [0.1, 0.15) is 30.8 Å². The first kappa shape index (κ1) is 18.7. The Morgan fingerprint density at radius 1 is 1.31 bits per heavy atom. The van der Waals surface area contributed by atoms with Gasteiger partial charge in [0.15, 0.2) is 0 Å². The van der Waals surface area contributed by atoms with Crippen LogP contribution in [0.5, 0.6) is 0 Å². The Balaban J connectivity index is 1.96. The minimum absolute atomic E-state index is 0.0342. The highest BCUT2D eigenvalue weighted by Crippen LogP contribution is 2.28. The van der Waals surface area contributed by atoms with Gasteiger partial charge in [-0.15, -0.1) is 0 Å². The number of carbonyl (C=O) groups excluding carboxylic acids is 2. The quantitative estimate of drug-likeness (QED) is 0.889.